The zero-order chi connectivity index (χ0) is 19.4. The van der Waals surface area contributed by atoms with Crippen molar-refractivity contribution in [3.63, 3.8) is 0 Å². The predicted molar refractivity (Wildman–Crippen MR) is 103 cm³/mol. The molecule has 0 aliphatic carbocycles. The van der Waals surface area contributed by atoms with Crippen LogP contribution in [0.15, 0.2) is 5.38 Å². The average molecular weight is 395 g/mol. The quantitative estimate of drug-likeness (QED) is 0.789. The second-order valence-corrected chi connectivity index (χ2v) is 7.79. The highest BCUT2D eigenvalue weighted by Crippen LogP contribution is 2.17. The van der Waals surface area contributed by atoms with Crippen LogP contribution in [0.2, 0.25) is 0 Å². The van der Waals surface area contributed by atoms with E-state index in [1.54, 1.807) is 21.6 Å². The molecule has 0 radical (unpaired) electrons. The molecule has 0 unspecified atom stereocenters. The number of aromatic nitrogens is 1. The average Bonchev–Trinajstić information content (AvgIpc) is 3.09. The number of carbonyl (C=O) groups excluding carboxylic acids is 3. The lowest BCUT2D eigenvalue weighted by Crippen LogP contribution is -2.50. The lowest BCUT2D eigenvalue weighted by Gasteiger charge is -2.34. The van der Waals surface area contributed by atoms with Gasteiger partial charge < -0.3 is 19.6 Å². The van der Waals surface area contributed by atoms with Crippen LogP contribution in [0.25, 0.3) is 0 Å². The Morgan fingerprint density at radius 2 is 1.59 bits per heavy atom. The molecule has 0 spiro atoms. The van der Waals surface area contributed by atoms with E-state index in [1.165, 1.54) is 11.3 Å². The summed E-state index contributed by atoms with van der Waals surface area (Å²) in [5, 5.41) is 5.15. The summed E-state index contributed by atoms with van der Waals surface area (Å²) >= 11 is 1.33. The number of nitrogens with one attached hydrogen (secondary N) is 1. The van der Waals surface area contributed by atoms with Crippen molar-refractivity contribution in [2.24, 2.45) is 0 Å². The summed E-state index contributed by atoms with van der Waals surface area (Å²) in [6.07, 6.45) is 0.209. The predicted octanol–water partition coefficient (Wildman–Crippen LogP) is 0.156. The number of carbonyl (C=O) groups is 3. The molecule has 1 aromatic rings. The molecule has 1 aromatic heterocycles. The first-order chi connectivity index (χ1) is 12.9. The second-order valence-electron chi connectivity index (χ2n) is 6.93. The maximum Gasteiger partial charge on any atom is 0.323 e. The minimum Gasteiger partial charge on any atom is -0.339 e. The first-order valence-electron chi connectivity index (χ1n) is 9.14. The molecular weight excluding hydrogens is 368 g/mol. The Balaban J connectivity index is 1.47. The van der Waals surface area contributed by atoms with Crippen LogP contribution in [-0.4, -0.2) is 102 Å². The van der Waals surface area contributed by atoms with Crippen molar-refractivity contribution in [1.82, 2.24) is 24.6 Å². The highest BCUT2D eigenvalue weighted by molar-refractivity contribution is 7.13. The zero-order valence-electron chi connectivity index (χ0n) is 15.8. The summed E-state index contributed by atoms with van der Waals surface area (Å²) in [5.41, 5.74) is 0.660. The fourth-order valence-corrected chi connectivity index (χ4v) is 3.86. The number of urea groups is 1. The Labute approximate surface area is 162 Å². The van der Waals surface area contributed by atoms with E-state index in [0.29, 0.717) is 50.1 Å². The molecule has 0 bridgehead atoms. The van der Waals surface area contributed by atoms with E-state index in [1.807, 2.05) is 12.4 Å². The molecule has 0 atom stereocenters. The molecule has 0 saturated carbocycles. The van der Waals surface area contributed by atoms with Gasteiger partial charge in [0.05, 0.1) is 12.1 Å². The smallest absolute Gasteiger partial charge is 0.323 e. The van der Waals surface area contributed by atoms with Gasteiger partial charge in [0.25, 0.3) is 0 Å². The van der Waals surface area contributed by atoms with Gasteiger partial charge in [-0.05, 0) is 7.05 Å². The molecule has 2 aliphatic heterocycles. The van der Waals surface area contributed by atoms with Gasteiger partial charge in [-0.2, -0.15) is 0 Å². The highest BCUT2D eigenvalue weighted by atomic mass is 32.1. The van der Waals surface area contributed by atoms with E-state index in [4.69, 9.17) is 0 Å². The van der Waals surface area contributed by atoms with Gasteiger partial charge in [0.1, 0.15) is 0 Å². The summed E-state index contributed by atoms with van der Waals surface area (Å²) in [6, 6.07) is -0.143. The maximum absolute atomic E-state index is 12.4. The third kappa shape index (κ3) is 5.16. The number of thiazole rings is 1. The minimum absolute atomic E-state index is 0.000413. The molecule has 148 valence electrons. The van der Waals surface area contributed by atoms with Crippen LogP contribution < -0.4 is 5.32 Å². The molecule has 2 saturated heterocycles. The van der Waals surface area contributed by atoms with Crippen LogP contribution in [0, 0.1) is 0 Å². The fraction of sp³-hybridized carbons (Fsp3) is 0.647. The van der Waals surface area contributed by atoms with E-state index >= 15 is 0 Å². The second kappa shape index (κ2) is 8.66. The molecular formula is C17H26N6O3S. The van der Waals surface area contributed by atoms with Crippen molar-refractivity contribution < 1.29 is 14.4 Å². The van der Waals surface area contributed by atoms with Crippen LogP contribution in [0.4, 0.5) is 9.93 Å². The number of likely N-dealkylation sites (N-methyl/N-ethyl adjacent to an activating group) is 1. The van der Waals surface area contributed by atoms with E-state index in [9.17, 15) is 14.4 Å². The Morgan fingerprint density at radius 1 is 1.00 bits per heavy atom. The Bertz CT molecular complexity index is 693. The number of amides is 4. The Kier molecular flexibility index (Phi) is 6.27. The monoisotopic (exact) mass is 394 g/mol. The summed E-state index contributed by atoms with van der Waals surface area (Å²) in [4.78, 5) is 48.0. The van der Waals surface area contributed by atoms with E-state index < -0.39 is 0 Å². The summed E-state index contributed by atoms with van der Waals surface area (Å²) in [6.45, 7) is 6.92. The largest absolute Gasteiger partial charge is 0.339 e. The third-order valence-electron chi connectivity index (χ3n) is 4.97. The van der Waals surface area contributed by atoms with Gasteiger partial charge in [-0.1, -0.05) is 0 Å². The molecule has 9 nitrogen and oxygen atoms in total. The van der Waals surface area contributed by atoms with Gasteiger partial charge in [-0.15, -0.1) is 11.3 Å². The maximum atomic E-state index is 12.4. The summed E-state index contributed by atoms with van der Waals surface area (Å²) in [5.74, 6) is 0.0442. The van der Waals surface area contributed by atoms with Crippen LogP contribution in [0.5, 0.6) is 0 Å². The molecule has 1 N–H and O–H groups in total. The minimum atomic E-state index is -0.143. The number of anilines is 1. The number of piperazine rings is 2. The summed E-state index contributed by atoms with van der Waals surface area (Å²) in [7, 11) is 2.04. The standard InChI is InChI=1S/C17H26N6O3S/c1-13(24)21-7-9-22(10-8-21)15(25)11-14-12-27-16(18-14)19-17(26)23-5-3-20(2)4-6-23/h12H,3-11H2,1-2H3,(H,18,19,26). The Morgan fingerprint density at radius 3 is 2.22 bits per heavy atom. The lowest BCUT2D eigenvalue weighted by atomic mass is 10.2. The number of hydrogen-bond acceptors (Lipinski definition) is 6. The molecule has 2 fully saturated rings. The lowest BCUT2D eigenvalue weighted by molar-refractivity contribution is -0.138. The van der Waals surface area contributed by atoms with Crippen molar-refractivity contribution in [1.29, 1.82) is 0 Å². The van der Waals surface area contributed by atoms with Crippen LogP contribution in [0.1, 0.15) is 12.6 Å². The SMILES string of the molecule is CC(=O)N1CCN(C(=O)Cc2csc(NC(=O)N3CCN(C)CC3)n2)CC1. The van der Waals surface area contributed by atoms with E-state index in [0.717, 1.165) is 13.1 Å². The van der Waals surface area contributed by atoms with Crippen molar-refractivity contribution in [3.8, 4) is 0 Å². The van der Waals surface area contributed by atoms with Crippen LogP contribution in [0.3, 0.4) is 0 Å². The third-order valence-corrected chi connectivity index (χ3v) is 5.77. The molecule has 0 aromatic carbocycles. The molecule has 10 heteroatoms. The van der Waals surface area contributed by atoms with E-state index in [2.05, 4.69) is 15.2 Å². The number of nitrogens with zero attached hydrogens (tertiary/aromatic N) is 5. The fourth-order valence-electron chi connectivity index (χ4n) is 3.16. The van der Waals surface area contributed by atoms with Crippen molar-refractivity contribution in [3.05, 3.63) is 11.1 Å². The molecule has 3 heterocycles. The van der Waals surface area contributed by atoms with Gasteiger partial charge in [0.2, 0.25) is 11.8 Å². The van der Waals surface area contributed by atoms with Crippen molar-refractivity contribution in [2.45, 2.75) is 13.3 Å². The zero-order valence-corrected chi connectivity index (χ0v) is 16.6. The first-order valence-corrected chi connectivity index (χ1v) is 10.0. The normalized spacial score (nSPS) is 18.5. The van der Waals surface area contributed by atoms with Crippen LogP contribution >= 0.6 is 11.3 Å². The van der Waals surface area contributed by atoms with Gasteiger partial charge in [-0.3, -0.25) is 14.9 Å². The molecule has 4 amide bonds. The first kappa shape index (κ1) is 19.6. The van der Waals surface area contributed by atoms with Crippen LogP contribution in [-0.2, 0) is 16.0 Å². The highest BCUT2D eigenvalue weighted by Gasteiger charge is 2.23. The van der Waals surface area contributed by atoms with Gasteiger partial charge in [-0.25, -0.2) is 9.78 Å². The van der Waals surface area contributed by atoms with Gasteiger partial charge in [0, 0.05) is 64.7 Å². The molecule has 27 heavy (non-hydrogen) atoms. The summed E-state index contributed by atoms with van der Waals surface area (Å²) < 4.78 is 0. The van der Waals surface area contributed by atoms with E-state index in [-0.39, 0.29) is 24.3 Å². The van der Waals surface area contributed by atoms with Gasteiger partial charge in [0.15, 0.2) is 5.13 Å². The number of hydrogen-bond donors (Lipinski definition) is 1. The topological polar surface area (TPSA) is 89.1 Å². The van der Waals surface area contributed by atoms with Gasteiger partial charge >= 0.3 is 6.03 Å². The molecule has 3 rings (SSSR count). The Hall–Kier alpha value is -2.20. The molecule has 2 aliphatic rings. The van der Waals surface area contributed by atoms with Crippen molar-refractivity contribution >= 4 is 34.3 Å². The van der Waals surface area contributed by atoms with Crippen molar-refractivity contribution in [2.75, 3.05) is 64.7 Å². The number of rotatable bonds is 3.